The van der Waals surface area contributed by atoms with E-state index in [4.69, 9.17) is 18.6 Å². The molecule has 0 N–H and O–H groups in total. The number of hydrogen-bond acceptors (Lipinski definition) is 6. The van der Waals surface area contributed by atoms with Crippen LogP contribution in [0.5, 0.6) is 0 Å². The Kier molecular flexibility index (Phi) is 8.19. The molecule has 1 fully saturated rings. The first kappa shape index (κ1) is 24.6. The molecule has 1 aliphatic rings. The summed E-state index contributed by atoms with van der Waals surface area (Å²) in [5, 5.41) is 0. The standard InChI is InChI=1S/C27H30BrNO5/c1-17-6-4-7-20(25(17)27(30)31-3)15-32-22-8-5-9-23(14-22)33-16-24-18(2)34-26(29-24)19-10-12-21(28)13-11-19/h4,6-7,10-13,22-23H,5,8-9,14-16H2,1-3H3/t22-,23+/m1/s1. The molecule has 0 aliphatic heterocycles. The first-order chi connectivity index (χ1) is 16.4. The highest BCUT2D eigenvalue weighted by Crippen LogP contribution is 2.28. The third kappa shape index (κ3) is 5.95. The number of ether oxygens (including phenoxy) is 3. The first-order valence-electron chi connectivity index (χ1n) is 11.6. The topological polar surface area (TPSA) is 70.8 Å². The normalized spacial score (nSPS) is 18.1. The van der Waals surface area contributed by atoms with Crippen molar-refractivity contribution < 1.29 is 23.4 Å². The summed E-state index contributed by atoms with van der Waals surface area (Å²) < 4.78 is 24.3. The third-order valence-electron chi connectivity index (χ3n) is 6.24. The zero-order valence-electron chi connectivity index (χ0n) is 19.8. The Morgan fingerprint density at radius 2 is 1.76 bits per heavy atom. The van der Waals surface area contributed by atoms with Crippen molar-refractivity contribution in [2.45, 2.75) is 65.0 Å². The molecule has 0 bridgehead atoms. The number of esters is 1. The number of aryl methyl sites for hydroxylation is 2. The van der Waals surface area contributed by atoms with Gasteiger partial charge in [-0.3, -0.25) is 0 Å². The van der Waals surface area contributed by atoms with E-state index in [2.05, 4.69) is 20.9 Å². The molecule has 1 heterocycles. The van der Waals surface area contributed by atoms with E-state index in [1.165, 1.54) is 7.11 Å². The number of carbonyl (C=O) groups is 1. The summed E-state index contributed by atoms with van der Waals surface area (Å²) in [6.45, 7) is 4.62. The number of nitrogens with zero attached hydrogens (tertiary/aromatic N) is 1. The lowest BCUT2D eigenvalue weighted by Gasteiger charge is -2.29. The molecular formula is C27H30BrNO5. The predicted molar refractivity (Wildman–Crippen MR) is 133 cm³/mol. The van der Waals surface area contributed by atoms with Gasteiger partial charge in [-0.25, -0.2) is 9.78 Å². The maximum Gasteiger partial charge on any atom is 0.338 e. The van der Waals surface area contributed by atoms with Crippen molar-refractivity contribution in [2.75, 3.05) is 7.11 Å². The van der Waals surface area contributed by atoms with Gasteiger partial charge < -0.3 is 18.6 Å². The lowest BCUT2D eigenvalue weighted by molar-refractivity contribution is -0.0564. The maximum atomic E-state index is 12.2. The van der Waals surface area contributed by atoms with Crippen LogP contribution in [0.15, 0.2) is 51.4 Å². The molecule has 3 aromatic rings. The highest BCUT2D eigenvalue weighted by atomic mass is 79.9. The zero-order valence-corrected chi connectivity index (χ0v) is 21.4. The van der Waals surface area contributed by atoms with Crippen LogP contribution in [0.3, 0.4) is 0 Å². The Morgan fingerprint density at radius 3 is 2.47 bits per heavy atom. The van der Waals surface area contributed by atoms with E-state index in [1.54, 1.807) is 0 Å². The van der Waals surface area contributed by atoms with E-state index in [1.807, 2.05) is 56.3 Å². The molecule has 6 nitrogen and oxygen atoms in total. The van der Waals surface area contributed by atoms with Crippen molar-refractivity contribution in [1.82, 2.24) is 4.98 Å². The van der Waals surface area contributed by atoms with E-state index < -0.39 is 0 Å². The van der Waals surface area contributed by atoms with Gasteiger partial charge in [0.1, 0.15) is 11.5 Å². The van der Waals surface area contributed by atoms with Crippen LogP contribution in [0.1, 0.15) is 58.6 Å². The number of aromatic nitrogens is 1. The summed E-state index contributed by atoms with van der Waals surface area (Å²) >= 11 is 3.45. The Labute approximate surface area is 208 Å². The van der Waals surface area contributed by atoms with Crippen molar-refractivity contribution in [3.8, 4) is 11.5 Å². The van der Waals surface area contributed by atoms with Gasteiger partial charge >= 0.3 is 5.97 Å². The van der Waals surface area contributed by atoms with Crippen LogP contribution < -0.4 is 0 Å². The maximum absolute atomic E-state index is 12.2. The lowest BCUT2D eigenvalue weighted by atomic mass is 9.94. The van der Waals surface area contributed by atoms with Crippen LogP contribution in [0.4, 0.5) is 0 Å². The first-order valence-corrected chi connectivity index (χ1v) is 12.4. The van der Waals surface area contributed by atoms with Gasteiger partial charge in [-0.05, 0) is 74.9 Å². The highest BCUT2D eigenvalue weighted by Gasteiger charge is 2.25. The summed E-state index contributed by atoms with van der Waals surface area (Å²) in [5.41, 5.74) is 4.10. The van der Waals surface area contributed by atoms with Gasteiger partial charge in [0.25, 0.3) is 0 Å². The van der Waals surface area contributed by atoms with Crippen LogP contribution in [0, 0.1) is 13.8 Å². The molecule has 0 amide bonds. The molecule has 180 valence electrons. The second kappa shape index (κ2) is 11.3. The van der Waals surface area contributed by atoms with Crippen molar-refractivity contribution in [2.24, 2.45) is 0 Å². The van der Waals surface area contributed by atoms with E-state index in [0.29, 0.717) is 24.7 Å². The van der Waals surface area contributed by atoms with Crippen LogP contribution in [0.25, 0.3) is 11.5 Å². The third-order valence-corrected chi connectivity index (χ3v) is 6.77. The fourth-order valence-electron chi connectivity index (χ4n) is 4.33. The van der Waals surface area contributed by atoms with Crippen molar-refractivity contribution in [3.63, 3.8) is 0 Å². The van der Waals surface area contributed by atoms with E-state index in [0.717, 1.165) is 58.3 Å². The predicted octanol–water partition coefficient (Wildman–Crippen LogP) is 6.55. The Bertz CT molecular complexity index is 1120. The monoisotopic (exact) mass is 527 g/mol. The quantitative estimate of drug-likeness (QED) is 0.309. The van der Waals surface area contributed by atoms with Crippen LogP contribution in [-0.2, 0) is 27.4 Å². The fourth-order valence-corrected chi connectivity index (χ4v) is 4.59. The number of rotatable bonds is 8. The molecule has 7 heteroatoms. The van der Waals surface area contributed by atoms with Gasteiger partial charge in [0.2, 0.25) is 5.89 Å². The average molecular weight is 528 g/mol. The summed E-state index contributed by atoms with van der Waals surface area (Å²) in [6.07, 6.45) is 4.01. The lowest BCUT2D eigenvalue weighted by Crippen LogP contribution is -2.28. The fraction of sp³-hybridized carbons (Fsp3) is 0.407. The van der Waals surface area contributed by atoms with Gasteiger partial charge in [-0.2, -0.15) is 0 Å². The molecule has 1 aliphatic carbocycles. The summed E-state index contributed by atoms with van der Waals surface area (Å²) in [5.74, 6) is 1.05. The number of oxazole rings is 1. The van der Waals surface area contributed by atoms with Crippen molar-refractivity contribution >= 4 is 21.9 Å². The van der Waals surface area contributed by atoms with Crippen LogP contribution in [0.2, 0.25) is 0 Å². The molecule has 0 spiro atoms. The number of hydrogen-bond donors (Lipinski definition) is 0. The molecular weight excluding hydrogens is 498 g/mol. The summed E-state index contributed by atoms with van der Waals surface area (Å²) in [6, 6.07) is 13.7. The highest BCUT2D eigenvalue weighted by molar-refractivity contribution is 9.10. The molecule has 34 heavy (non-hydrogen) atoms. The second-order valence-electron chi connectivity index (χ2n) is 8.66. The number of carbonyl (C=O) groups excluding carboxylic acids is 1. The number of methoxy groups -OCH3 is 1. The van der Waals surface area contributed by atoms with Crippen molar-refractivity contribution in [3.05, 3.63) is 75.1 Å². The van der Waals surface area contributed by atoms with Gasteiger partial charge in [0.05, 0.1) is 38.1 Å². The molecule has 2 aromatic carbocycles. The minimum Gasteiger partial charge on any atom is -0.465 e. The Balaban J connectivity index is 1.33. The number of benzene rings is 2. The molecule has 4 rings (SSSR count). The van der Waals surface area contributed by atoms with Crippen LogP contribution in [-0.4, -0.2) is 30.3 Å². The van der Waals surface area contributed by atoms with Gasteiger partial charge in [0, 0.05) is 10.0 Å². The van der Waals surface area contributed by atoms with Crippen LogP contribution >= 0.6 is 15.9 Å². The molecule has 1 aromatic heterocycles. The van der Waals surface area contributed by atoms with Gasteiger partial charge in [0.15, 0.2) is 0 Å². The van der Waals surface area contributed by atoms with E-state index >= 15 is 0 Å². The molecule has 1 saturated carbocycles. The van der Waals surface area contributed by atoms with Gasteiger partial charge in [-0.1, -0.05) is 34.1 Å². The SMILES string of the molecule is COC(=O)c1c(C)cccc1CO[C@@H]1CCC[C@H](OCc2nc(-c3ccc(Br)cc3)oc2C)C1. The van der Waals surface area contributed by atoms with Crippen molar-refractivity contribution in [1.29, 1.82) is 0 Å². The van der Waals surface area contributed by atoms with Gasteiger partial charge in [-0.15, -0.1) is 0 Å². The zero-order chi connectivity index (χ0) is 24.1. The second-order valence-corrected chi connectivity index (χ2v) is 9.58. The molecule has 0 saturated heterocycles. The average Bonchev–Trinajstić information content (AvgIpc) is 3.22. The Hall–Kier alpha value is -2.48. The minimum absolute atomic E-state index is 0.0847. The summed E-state index contributed by atoms with van der Waals surface area (Å²) in [7, 11) is 1.40. The number of halogens is 1. The largest absolute Gasteiger partial charge is 0.465 e. The smallest absolute Gasteiger partial charge is 0.338 e. The van der Waals surface area contributed by atoms with E-state index in [-0.39, 0.29) is 18.2 Å². The summed E-state index contributed by atoms with van der Waals surface area (Å²) in [4.78, 5) is 16.8. The molecule has 0 unspecified atom stereocenters. The minimum atomic E-state index is -0.327. The Morgan fingerprint density at radius 1 is 1.06 bits per heavy atom. The van der Waals surface area contributed by atoms with E-state index in [9.17, 15) is 4.79 Å². The molecule has 0 radical (unpaired) electrons. The molecule has 2 atom stereocenters.